The number of methoxy groups -OCH3 is 1. The highest BCUT2D eigenvalue weighted by atomic mass is 32.2. The van der Waals surface area contributed by atoms with E-state index in [1.54, 1.807) is 21.4 Å². The van der Waals surface area contributed by atoms with Gasteiger partial charge in [-0.3, -0.25) is 8.61 Å². The minimum absolute atomic E-state index is 0.0494. The molecular formula is C21H22F4N3O4S2-. The molecule has 0 aliphatic carbocycles. The Labute approximate surface area is 198 Å². The van der Waals surface area contributed by atoms with Crippen LogP contribution >= 0.6 is 10.5 Å². The van der Waals surface area contributed by atoms with Gasteiger partial charge < -0.3 is 18.7 Å². The van der Waals surface area contributed by atoms with Gasteiger partial charge in [-0.2, -0.15) is 0 Å². The summed E-state index contributed by atoms with van der Waals surface area (Å²) >= 11 is -2.98. The molecule has 2 aromatic heterocycles. The predicted molar refractivity (Wildman–Crippen MR) is 124 cm³/mol. The van der Waals surface area contributed by atoms with Gasteiger partial charge in [-0.25, -0.2) is 9.37 Å². The molecule has 13 heteroatoms. The zero-order valence-electron chi connectivity index (χ0n) is 18.8. The lowest BCUT2D eigenvalue weighted by Gasteiger charge is -2.26. The average Bonchev–Trinajstić information content (AvgIpc) is 3.11. The van der Waals surface area contributed by atoms with E-state index >= 15 is 0 Å². The fourth-order valence-corrected chi connectivity index (χ4v) is 5.97. The number of halogens is 4. The molecule has 7 nitrogen and oxygen atoms in total. The first-order valence-corrected chi connectivity index (χ1v) is 12.1. The minimum atomic E-state index is -5.19. The van der Waals surface area contributed by atoms with Gasteiger partial charge >= 0.3 is 6.36 Å². The van der Waals surface area contributed by atoms with Crippen LogP contribution in [0.5, 0.6) is 11.5 Å². The molecule has 34 heavy (non-hydrogen) atoms. The fraction of sp³-hybridized carbons (Fsp3) is 0.333. The number of hydrogen-bond donors (Lipinski definition) is 1. The summed E-state index contributed by atoms with van der Waals surface area (Å²) in [5.41, 5.74) is 0.0614. The number of ether oxygens (including phenoxy) is 2. The van der Waals surface area contributed by atoms with Crippen molar-refractivity contribution in [1.29, 1.82) is 0 Å². The maximum Gasteiger partial charge on any atom is 0.573 e. The largest absolute Gasteiger partial charge is 0.755 e. The number of nitrogens with zero attached hydrogens (tertiary/aromatic N) is 2. The van der Waals surface area contributed by atoms with Gasteiger partial charge in [0.15, 0.2) is 11.6 Å². The van der Waals surface area contributed by atoms with Crippen molar-refractivity contribution in [3.8, 4) is 22.8 Å². The van der Waals surface area contributed by atoms with Crippen molar-refractivity contribution in [3.63, 3.8) is 0 Å². The van der Waals surface area contributed by atoms with Crippen LogP contribution in [0.15, 0.2) is 35.5 Å². The molecule has 1 aromatic carbocycles. The second-order valence-electron chi connectivity index (χ2n) is 7.98. The van der Waals surface area contributed by atoms with Crippen molar-refractivity contribution in [1.82, 2.24) is 9.38 Å². The van der Waals surface area contributed by atoms with Gasteiger partial charge in [0.2, 0.25) is 0 Å². The topological polar surface area (TPSA) is 87.9 Å². The molecule has 3 rings (SSSR count). The van der Waals surface area contributed by atoms with E-state index in [4.69, 9.17) is 4.74 Å². The zero-order chi connectivity index (χ0) is 25.4. The molecule has 0 saturated carbocycles. The molecule has 0 aliphatic heterocycles. The smallest absolute Gasteiger partial charge is 0.573 e. The highest BCUT2D eigenvalue weighted by Gasteiger charge is 2.33. The summed E-state index contributed by atoms with van der Waals surface area (Å²) in [5.74, 6) is -2.10. The number of imidazole rings is 1. The molecule has 2 unspecified atom stereocenters. The van der Waals surface area contributed by atoms with Gasteiger partial charge in [0.05, 0.1) is 29.6 Å². The van der Waals surface area contributed by atoms with Crippen LogP contribution in [0.4, 0.5) is 23.2 Å². The van der Waals surface area contributed by atoms with E-state index in [-0.39, 0.29) is 20.8 Å². The van der Waals surface area contributed by atoms with Crippen LogP contribution in [0.1, 0.15) is 27.7 Å². The fourth-order valence-electron chi connectivity index (χ4n) is 3.44. The van der Waals surface area contributed by atoms with E-state index < -0.39 is 34.9 Å². The lowest BCUT2D eigenvalue weighted by atomic mass is 10.1. The molecule has 0 fully saturated rings. The zero-order valence-corrected chi connectivity index (χ0v) is 20.5. The molecule has 0 spiro atoms. The number of rotatable bonds is 6. The summed E-state index contributed by atoms with van der Waals surface area (Å²) < 4.78 is 87.8. The normalized spacial score (nSPS) is 14.3. The first-order chi connectivity index (χ1) is 15.7. The van der Waals surface area contributed by atoms with Crippen LogP contribution in [0, 0.1) is 5.82 Å². The number of hydrogen-bond acceptors (Lipinski definition) is 5. The SMILES string of the molecule is C/C=S(/c1cn2c(-c3cc(NS(=O)[O-])c(F)c(OC(F)(F)F)c3)cnc2cc1OC)C(C)(C)C. The third-order valence-corrected chi connectivity index (χ3v) is 7.64. The van der Waals surface area contributed by atoms with Gasteiger partial charge in [-0.15, -0.1) is 23.7 Å². The summed E-state index contributed by atoms with van der Waals surface area (Å²) in [6, 6.07) is 3.60. The van der Waals surface area contributed by atoms with Gasteiger partial charge in [-0.05, 0) is 19.1 Å². The van der Waals surface area contributed by atoms with Crippen molar-refractivity contribution in [2.24, 2.45) is 0 Å². The molecule has 1 N–H and O–H groups in total. The summed E-state index contributed by atoms with van der Waals surface area (Å²) in [6.45, 7) is 8.12. The number of aromatic nitrogens is 2. The van der Waals surface area contributed by atoms with E-state index in [9.17, 15) is 26.3 Å². The highest BCUT2D eigenvalue weighted by Crippen LogP contribution is 2.45. The maximum absolute atomic E-state index is 14.5. The van der Waals surface area contributed by atoms with Crippen molar-refractivity contribution in [2.45, 2.75) is 43.7 Å². The van der Waals surface area contributed by atoms with E-state index in [0.717, 1.165) is 17.0 Å². The molecule has 0 saturated heterocycles. The lowest BCUT2D eigenvalue weighted by molar-refractivity contribution is -0.275. The van der Waals surface area contributed by atoms with Crippen LogP contribution in [-0.2, 0) is 11.3 Å². The van der Waals surface area contributed by atoms with Gasteiger partial charge in [-0.1, -0.05) is 26.1 Å². The number of alkyl halides is 3. The van der Waals surface area contributed by atoms with Crippen molar-refractivity contribution >= 4 is 38.5 Å². The van der Waals surface area contributed by atoms with E-state index in [2.05, 4.69) is 30.5 Å². The van der Waals surface area contributed by atoms with Crippen LogP contribution in [-0.4, -0.2) is 41.7 Å². The van der Waals surface area contributed by atoms with Crippen LogP contribution < -0.4 is 14.2 Å². The second-order valence-corrected chi connectivity index (χ2v) is 11.5. The Morgan fingerprint density at radius 3 is 2.38 bits per heavy atom. The average molecular weight is 521 g/mol. The molecule has 2 heterocycles. The lowest BCUT2D eigenvalue weighted by Crippen LogP contribution is -2.18. The number of anilines is 1. The number of pyridine rings is 1. The predicted octanol–water partition coefficient (Wildman–Crippen LogP) is 5.50. The third kappa shape index (κ3) is 5.53. The van der Waals surface area contributed by atoms with Crippen molar-refractivity contribution < 1.29 is 35.8 Å². The molecule has 0 aliphatic rings. The van der Waals surface area contributed by atoms with Gasteiger partial charge in [0, 0.05) is 33.8 Å². The summed E-state index contributed by atoms with van der Waals surface area (Å²) in [7, 11) is 1.14. The third-order valence-electron chi connectivity index (χ3n) is 4.68. The van der Waals surface area contributed by atoms with Gasteiger partial charge in [0.25, 0.3) is 0 Å². The Morgan fingerprint density at radius 1 is 1.18 bits per heavy atom. The van der Waals surface area contributed by atoms with E-state index in [1.165, 1.54) is 13.3 Å². The van der Waals surface area contributed by atoms with Crippen molar-refractivity contribution in [2.75, 3.05) is 11.8 Å². The standard InChI is InChI=1S/C21H23F4N3O4S2/c1-6-33(20(2,3)4)17-11-28-14(10-26-18(28)9-15(17)31-5)12-7-13(27-34(29)30)19(22)16(8-12)32-21(23,24)25/h6-11,27H,1-5H3,(H,29,30)/p-1. The molecule has 0 radical (unpaired) electrons. The molecular weight excluding hydrogens is 498 g/mol. The Balaban J connectivity index is 2.29. The van der Waals surface area contributed by atoms with Gasteiger partial charge in [0.1, 0.15) is 11.4 Å². The maximum atomic E-state index is 14.5. The highest BCUT2D eigenvalue weighted by molar-refractivity contribution is 8.16. The Kier molecular flexibility index (Phi) is 7.29. The Hall–Kier alpha value is -2.64. The van der Waals surface area contributed by atoms with E-state index in [0.29, 0.717) is 17.1 Å². The first kappa shape index (κ1) is 26.0. The Morgan fingerprint density at radius 2 is 1.85 bits per heavy atom. The second kappa shape index (κ2) is 9.55. The monoisotopic (exact) mass is 520 g/mol. The molecule has 2 atom stereocenters. The van der Waals surface area contributed by atoms with Crippen LogP contribution in [0.25, 0.3) is 16.9 Å². The number of benzene rings is 1. The molecule has 186 valence electrons. The van der Waals surface area contributed by atoms with Crippen molar-refractivity contribution in [3.05, 3.63) is 36.4 Å². The summed E-state index contributed by atoms with van der Waals surface area (Å²) in [6.07, 6.45) is -2.05. The quantitative estimate of drug-likeness (QED) is 0.263. The minimum Gasteiger partial charge on any atom is -0.755 e. The number of fused-ring (bicyclic) bond motifs is 1. The summed E-state index contributed by atoms with van der Waals surface area (Å²) in [5, 5.41) is 2.04. The van der Waals surface area contributed by atoms with Crippen LogP contribution in [0.3, 0.4) is 0 Å². The molecule has 0 amide bonds. The number of nitrogens with one attached hydrogen (secondary N) is 1. The Bertz CT molecular complexity index is 1280. The molecule has 3 aromatic rings. The summed E-state index contributed by atoms with van der Waals surface area (Å²) in [4.78, 5) is 5.12. The van der Waals surface area contributed by atoms with Crippen LogP contribution in [0.2, 0.25) is 0 Å². The van der Waals surface area contributed by atoms with E-state index in [1.807, 2.05) is 12.3 Å². The first-order valence-electron chi connectivity index (χ1n) is 9.78. The molecule has 0 bridgehead atoms.